The van der Waals surface area contributed by atoms with Crippen molar-refractivity contribution < 1.29 is 19.4 Å². The highest BCUT2D eigenvalue weighted by Crippen LogP contribution is 2.37. The number of carbonyl (C=O) groups is 2. The summed E-state index contributed by atoms with van der Waals surface area (Å²) in [5.74, 6) is -0.920. The van der Waals surface area contributed by atoms with Gasteiger partial charge >= 0.3 is 12.1 Å². The van der Waals surface area contributed by atoms with Crippen molar-refractivity contribution in [3.8, 4) is 0 Å². The molecule has 1 N–H and O–H groups in total. The Balaban J connectivity index is 3.02. The van der Waals surface area contributed by atoms with Crippen LogP contribution in [-0.2, 0) is 9.53 Å². The molecule has 0 aromatic rings. The summed E-state index contributed by atoms with van der Waals surface area (Å²) in [6, 6.07) is -0.178. The van der Waals surface area contributed by atoms with Crippen molar-refractivity contribution in [2.75, 3.05) is 6.61 Å². The van der Waals surface area contributed by atoms with Crippen LogP contribution in [-0.4, -0.2) is 40.3 Å². The SMILES string of the molecule is CCOC(=O)N(C(C)C)C1(C(=O)O)CCCC1. The van der Waals surface area contributed by atoms with Gasteiger partial charge in [0.15, 0.2) is 0 Å². The lowest BCUT2D eigenvalue weighted by Crippen LogP contribution is -2.58. The number of nitrogens with zero attached hydrogens (tertiary/aromatic N) is 1. The van der Waals surface area contributed by atoms with E-state index < -0.39 is 17.6 Å². The number of carboxylic acids is 1. The molecule has 17 heavy (non-hydrogen) atoms. The molecule has 1 saturated carbocycles. The zero-order valence-corrected chi connectivity index (χ0v) is 10.7. The van der Waals surface area contributed by atoms with Crippen molar-refractivity contribution in [3.63, 3.8) is 0 Å². The van der Waals surface area contributed by atoms with Crippen molar-refractivity contribution in [1.29, 1.82) is 0 Å². The maximum Gasteiger partial charge on any atom is 0.410 e. The quantitative estimate of drug-likeness (QED) is 0.822. The van der Waals surface area contributed by atoms with Gasteiger partial charge in [0.2, 0.25) is 0 Å². The Hall–Kier alpha value is -1.26. The van der Waals surface area contributed by atoms with Crippen LogP contribution in [0.4, 0.5) is 4.79 Å². The molecule has 5 nitrogen and oxygen atoms in total. The molecule has 1 aliphatic carbocycles. The van der Waals surface area contributed by atoms with Crippen LogP contribution < -0.4 is 0 Å². The standard InChI is InChI=1S/C12H21NO4/c1-4-17-11(16)13(9(2)3)12(10(14)15)7-5-6-8-12/h9H,4-8H2,1-3H3,(H,14,15). The van der Waals surface area contributed by atoms with E-state index in [4.69, 9.17) is 4.74 Å². The average molecular weight is 243 g/mol. The van der Waals surface area contributed by atoms with Gasteiger partial charge in [0.25, 0.3) is 0 Å². The number of rotatable bonds is 4. The van der Waals surface area contributed by atoms with Crippen LogP contribution in [0.15, 0.2) is 0 Å². The number of ether oxygens (including phenoxy) is 1. The summed E-state index contributed by atoms with van der Waals surface area (Å²) in [5.41, 5.74) is -1.07. The predicted molar refractivity (Wildman–Crippen MR) is 62.8 cm³/mol. The number of carbonyl (C=O) groups excluding carboxylic acids is 1. The topological polar surface area (TPSA) is 66.8 Å². The molecule has 0 heterocycles. The smallest absolute Gasteiger partial charge is 0.410 e. The van der Waals surface area contributed by atoms with Crippen LogP contribution in [0.2, 0.25) is 0 Å². The van der Waals surface area contributed by atoms with Crippen LogP contribution in [0.25, 0.3) is 0 Å². The van der Waals surface area contributed by atoms with Crippen LogP contribution >= 0.6 is 0 Å². The molecule has 0 bridgehead atoms. The van der Waals surface area contributed by atoms with Gasteiger partial charge in [-0.2, -0.15) is 0 Å². The molecule has 5 heteroatoms. The summed E-state index contributed by atoms with van der Waals surface area (Å²) in [5, 5.41) is 9.45. The number of hydrogen-bond donors (Lipinski definition) is 1. The summed E-state index contributed by atoms with van der Waals surface area (Å²) in [4.78, 5) is 24.8. The van der Waals surface area contributed by atoms with Crippen LogP contribution in [0.5, 0.6) is 0 Å². The molecule has 0 aromatic heterocycles. The van der Waals surface area contributed by atoms with E-state index in [-0.39, 0.29) is 12.6 Å². The minimum atomic E-state index is -1.07. The van der Waals surface area contributed by atoms with Gasteiger partial charge in [0.1, 0.15) is 5.54 Å². The molecule has 1 rings (SSSR count). The first-order valence-electron chi connectivity index (χ1n) is 6.15. The number of hydrogen-bond acceptors (Lipinski definition) is 3. The van der Waals surface area contributed by atoms with Crippen molar-refractivity contribution in [2.24, 2.45) is 0 Å². The molecule has 0 aliphatic heterocycles. The summed E-state index contributed by atoms with van der Waals surface area (Å²) < 4.78 is 4.98. The first-order chi connectivity index (χ1) is 7.95. The zero-order chi connectivity index (χ0) is 13.1. The Kier molecular flexibility index (Phi) is 4.37. The first-order valence-corrected chi connectivity index (χ1v) is 6.15. The molecule has 98 valence electrons. The molecule has 1 fully saturated rings. The highest BCUT2D eigenvalue weighted by atomic mass is 16.6. The number of aliphatic carboxylic acids is 1. The van der Waals surface area contributed by atoms with E-state index >= 15 is 0 Å². The molecule has 1 aliphatic rings. The van der Waals surface area contributed by atoms with Crippen molar-refractivity contribution in [2.45, 2.75) is 58.0 Å². The van der Waals surface area contributed by atoms with E-state index in [1.807, 2.05) is 13.8 Å². The van der Waals surface area contributed by atoms with Gasteiger partial charge in [-0.15, -0.1) is 0 Å². The van der Waals surface area contributed by atoms with Gasteiger partial charge in [0.05, 0.1) is 6.61 Å². The van der Waals surface area contributed by atoms with Gasteiger partial charge in [-0.3, -0.25) is 4.90 Å². The fourth-order valence-electron chi connectivity index (χ4n) is 2.59. The molecule has 0 radical (unpaired) electrons. The Morgan fingerprint density at radius 3 is 2.24 bits per heavy atom. The summed E-state index contributed by atoms with van der Waals surface area (Å²) in [7, 11) is 0. The minimum absolute atomic E-state index is 0.178. The van der Waals surface area contributed by atoms with E-state index in [1.54, 1.807) is 6.92 Å². The van der Waals surface area contributed by atoms with Gasteiger partial charge in [-0.25, -0.2) is 9.59 Å². The average Bonchev–Trinajstić information content (AvgIpc) is 2.67. The summed E-state index contributed by atoms with van der Waals surface area (Å²) >= 11 is 0. The normalized spacial score (nSPS) is 18.1. The first kappa shape index (κ1) is 13.8. The third-order valence-corrected chi connectivity index (χ3v) is 3.27. The van der Waals surface area contributed by atoms with Crippen molar-refractivity contribution >= 4 is 12.1 Å². The van der Waals surface area contributed by atoms with Crippen molar-refractivity contribution in [3.05, 3.63) is 0 Å². The highest BCUT2D eigenvalue weighted by molar-refractivity contribution is 5.85. The van der Waals surface area contributed by atoms with E-state index in [0.717, 1.165) is 12.8 Å². The van der Waals surface area contributed by atoms with E-state index in [2.05, 4.69) is 0 Å². The maximum atomic E-state index is 11.9. The second-order valence-electron chi connectivity index (χ2n) is 4.71. The molecular weight excluding hydrogens is 222 g/mol. The summed E-state index contributed by atoms with van der Waals surface area (Å²) in [6.45, 7) is 5.62. The lowest BCUT2D eigenvalue weighted by Gasteiger charge is -2.39. The van der Waals surface area contributed by atoms with Gasteiger partial charge < -0.3 is 9.84 Å². The Labute approximate surface area is 102 Å². The van der Waals surface area contributed by atoms with E-state index in [0.29, 0.717) is 12.8 Å². The van der Waals surface area contributed by atoms with E-state index in [1.165, 1.54) is 4.90 Å². The Bertz CT molecular complexity index is 295. The second kappa shape index (κ2) is 5.38. The third-order valence-electron chi connectivity index (χ3n) is 3.27. The summed E-state index contributed by atoms with van der Waals surface area (Å²) in [6.07, 6.45) is 2.19. The number of carboxylic acid groups (broad SMARTS) is 1. The van der Waals surface area contributed by atoms with Crippen molar-refractivity contribution in [1.82, 2.24) is 4.90 Å². The van der Waals surface area contributed by atoms with Crippen LogP contribution in [0, 0.1) is 0 Å². The van der Waals surface area contributed by atoms with Gasteiger partial charge in [-0.05, 0) is 33.6 Å². The fourth-order valence-corrected chi connectivity index (χ4v) is 2.59. The van der Waals surface area contributed by atoms with Crippen LogP contribution in [0.3, 0.4) is 0 Å². The molecule has 1 amide bonds. The molecular formula is C12H21NO4. The minimum Gasteiger partial charge on any atom is -0.479 e. The lowest BCUT2D eigenvalue weighted by molar-refractivity contribution is -0.151. The maximum absolute atomic E-state index is 11.9. The van der Waals surface area contributed by atoms with Gasteiger partial charge in [-0.1, -0.05) is 12.8 Å². The van der Waals surface area contributed by atoms with E-state index in [9.17, 15) is 14.7 Å². The Morgan fingerprint density at radius 1 is 1.35 bits per heavy atom. The monoisotopic (exact) mass is 243 g/mol. The molecule has 0 unspecified atom stereocenters. The molecule has 0 saturated heterocycles. The van der Waals surface area contributed by atoms with Gasteiger partial charge in [0, 0.05) is 6.04 Å². The molecule has 0 spiro atoms. The molecule has 0 atom stereocenters. The third kappa shape index (κ3) is 2.53. The highest BCUT2D eigenvalue weighted by Gasteiger charge is 2.50. The zero-order valence-electron chi connectivity index (χ0n) is 10.7. The fraction of sp³-hybridized carbons (Fsp3) is 0.833. The Morgan fingerprint density at radius 2 is 1.88 bits per heavy atom. The van der Waals surface area contributed by atoms with Crippen LogP contribution in [0.1, 0.15) is 46.5 Å². The number of amides is 1. The molecule has 0 aromatic carbocycles. The largest absolute Gasteiger partial charge is 0.479 e. The predicted octanol–water partition coefficient (Wildman–Crippen LogP) is 2.25. The second-order valence-corrected chi connectivity index (χ2v) is 4.71. The lowest BCUT2D eigenvalue weighted by atomic mass is 9.94.